The Morgan fingerprint density at radius 1 is 1.15 bits per heavy atom. The van der Waals surface area contributed by atoms with E-state index in [1.165, 1.54) is 23.1 Å². The zero-order valence-corrected chi connectivity index (χ0v) is 16.1. The quantitative estimate of drug-likeness (QED) is 0.723. The van der Waals surface area contributed by atoms with Gasteiger partial charge in [-0.05, 0) is 18.2 Å². The van der Waals surface area contributed by atoms with Crippen molar-refractivity contribution in [3.05, 3.63) is 56.3 Å². The number of amides is 1. The van der Waals surface area contributed by atoms with Gasteiger partial charge in [-0.3, -0.25) is 4.79 Å². The van der Waals surface area contributed by atoms with Crippen LogP contribution in [0.2, 0.25) is 15.1 Å². The molecule has 0 radical (unpaired) electrons. The number of halogens is 4. The Labute approximate surface area is 170 Å². The van der Waals surface area contributed by atoms with Crippen molar-refractivity contribution in [2.45, 2.75) is 0 Å². The number of phenolic OH excluding ortho intramolecular Hbond substituents is 1. The highest BCUT2D eigenvalue weighted by atomic mass is 35.5. The Kier molecular flexibility index (Phi) is 5.66. The number of anilines is 1. The highest BCUT2D eigenvalue weighted by Crippen LogP contribution is 2.39. The van der Waals surface area contributed by atoms with Gasteiger partial charge in [0, 0.05) is 26.2 Å². The Bertz CT molecular complexity index is 928. The van der Waals surface area contributed by atoms with E-state index in [2.05, 4.69) is 0 Å². The first-order chi connectivity index (χ1) is 12.8. The minimum Gasteiger partial charge on any atom is -0.505 e. The molecule has 0 atom stereocenters. The number of nitriles is 1. The third-order valence-electron chi connectivity index (χ3n) is 4.37. The van der Waals surface area contributed by atoms with Gasteiger partial charge in [0.1, 0.15) is 28.8 Å². The van der Waals surface area contributed by atoms with Gasteiger partial charge in [0.15, 0.2) is 0 Å². The lowest BCUT2D eigenvalue weighted by molar-refractivity contribution is 0.0744. The lowest BCUT2D eigenvalue weighted by Gasteiger charge is -2.36. The number of aromatic hydroxyl groups is 1. The predicted octanol–water partition coefficient (Wildman–Crippen LogP) is 4.33. The Hall–Kier alpha value is -2.20. The number of rotatable bonds is 2. The summed E-state index contributed by atoms with van der Waals surface area (Å²) in [5.41, 5.74) is 0.307. The third-order valence-corrected chi connectivity index (χ3v) is 5.45. The molecule has 1 aliphatic heterocycles. The molecule has 1 fully saturated rings. The Balaban J connectivity index is 1.81. The van der Waals surface area contributed by atoms with Crippen LogP contribution in [0.5, 0.6) is 5.75 Å². The van der Waals surface area contributed by atoms with E-state index in [9.17, 15) is 19.6 Å². The summed E-state index contributed by atoms with van der Waals surface area (Å²) in [6.07, 6.45) is 0. The van der Waals surface area contributed by atoms with E-state index in [4.69, 9.17) is 34.8 Å². The molecule has 1 amide bonds. The molecule has 3 rings (SSSR count). The summed E-state index contributed by atoms with van der Waals surface area (Å²) in [6, 6.07) is 7.57. The average molecular weight is 429 g/mol. The van der Waals surface area contributed by atoms with Gasteiger partial charge in [-0.15, -0.1) is 0 Å². The Morgan fingerprint density at radius 3 is 2.44 bits per heavy atom. The fraction of sp³-hybridized carbons (Fsp3) is 0.222. The summed E-state index contributed by atoms with van der Waals surface area (Å²) in [5, 5.41) is 19.2. The van der Waals surface area contributed by atoms with Crippen molar-refractivity contribution in [3.63, 3.8) is 0 Å². The van der Waals surface area contributed by atoms with Crippen molar-refractivity contribution in [2.24, 2.45) is 0 Å². The van der Waals surface area contributed by atoms with Crippen LogP contribution in [-0.2, 0) is 0 Å². The first-order valence-corrected chi connectivity index (χ1v) is 9.07. The summed E-state index contributed by atoms with van der Waals surface area (Å²) in [4.78, 5) is 16.1. The van der Waals surface area contributed by atoms with E-state index >= 15 is 0 Å². The first kappa shape index (κ1) is 19.6. The second-order valence-electron chi connectivity index (χ2n) is 5.90. The van der Waals surface area contributed by atoms with Gasteiger partial charge >= 0.3 is 0 Å². The van der Waals surface area contributed by atoms with Crippen LogP contribution < -0.4 is 4.90 Å². The number of hydrogen-bond acceptors (Lipinski definition) is 4. The molecule has 1 heterocycles. The molecule has 0 saturated carbocycles. The molecule has 5 nitrogen and oxygen atoms in total. The van der Waals surface area contributed by atoms with Crippen molar-refractivity contribution < 1.29 is 14.3 Å². The molecule has 0 aliphatic carbocycles. The summed E-state index contributed by atoms with van der Waals surface area (Å²) in [6.45, 7) is 1.35. The number of piperazine rings is 1. The van der Waals surface area contributed by atoms with Gasteiger partial charge in [-0.2, -0.15) is 5.26 Å². The second kappa shape index (κ2) is 7.81. The largest absolute Gasteiger partial charge is 0.505 e. The summed E-state index contributed by atoms with van der Waals surface area (Å²) >= 11 is 17.9. The third kappa shape index (κ3) is 3.63. The Morgan fingerprint density at radius 2 is 1.81 bits per heavy atom. The minimum atomic E-state index is -0.584. The highest BCUT2D eigenvalue weighted by molar-refractivity contribution is 6.45. The molecule has 140 valence electrons. The van der Waals surface area contributed by atoms with Crippen LogP contribution in [0.25, 0.3) is 0 Å². The van der Waals surface area contributed by atoms with E-state index in [-0.39, 0.29) is 26.2 Å². The van der Waals surface area contributed by atoms with Crippen molar-refractivity contribution in [3.8, 4) is 11.8 Å². The van der Waals surface area contributed by atoms with Crippen LogP contribution in [0.15, 0.2) is 24.3 Å². The van der Waals surface area contributed by atoms with Gasteiger partial charge in [0.2, 0.25) is 0 Å². The highest BCUT2D eigenvalue weighted by Gasteiger charge is 2.29. The number of carbonyl (C=O) groups is 1. The normalized spacial score (nSPS) is 14.2. The fourth-order valence-electron chi connectivity index (χ4n) is 2.98. The topological polar surface area (TPSA) is 67.6 Å². The molecule has 1 aliphatic rings. The van der Waals surface area contributed by atoms with Gasteiger partial charge < -0.3 is 14.9 Å². The van der Waals surface area contributed by atoms with Crippen LogP contribution in [0, 0.1) is 17.1 Å². The van der Waals surface area contributed by atoms with E-state index in [1.807, 2.05) is 11.0 Å². The average Bonchev–Trinajstić information content (AvgIpc) is 2.66. The van der Waals surface area contributed by atoms with Gasteiger partial charge in [-0.25, -0.2) is 4.39 Å². The van der Waals surface area contributed by atoms with Gasteiger partial charge in [0.25, 0.3) is 5.91 Å². The van der Waals surface area contributed by atoms with E-state index < -0.39 is 17.5 Å². The standard InChI is InChI=1S/C18H13Cl3FN3O2/c19-11-8-12(20)17(26)15(16(11)21)18(27)25-6-4-24(5-7-25)14-3-1-2-13(22)10(14)9-23/h1-3,8,26H,4-7H2. The molecule has 2 aromatic rings. The molecule has 0 spiro atoms. The van der Waals surface area contributed by atoms with Crippen LogP contribution in [-0.4, -0.2) is 42.1 Å². The molecule has 2 aromatic carbocycles. The number of carbonyl (C=O) groups excluding carboxylic acids is 1. The lowest BCUT2D eigenvalue weighted by atomic mass is 10.1. The zero-order valence-electron chi connectivity index (χ0n) is 13.8. The van der Waals surface area contributed by atoms with Crippen molar-refractivity contribution >= 4 is 46.4 Å². The smallest absolute Gasteiger partial charge is 0.259 e. The number of nitrogens with zero attached hydrogens (tertiary/aromatic N) is 3. The SMILES string of the molecule is N#Cc1c(F)cccc1N1CCN(C(=O)c2c(O)c(Cl)cc(Cl)c2Cl)CC1. The minimum absolute atomic E-state index is 0.0282. The monoisotopic (exact) mass is 427 g/mol. The molecule has 9 heteroatoms. The summed E-state index contributed by atoms with van der Waals surface area (Å²) < 4.78 is 13.8. The molecule has 0 aromatic heterocycles. The maximum Gasteiger partial charge on any atom is 0.259 e. The van der Waals surface area contributed by atoms with Crippen LogP contribution >= 0.6 is 34.8 Å². The fourth-order valence-corrected chi connectivity index (χ4v) is 3.66. The summed E-state index contributed by atoms with van der Waals surface area (Å²) in [7, 11) is 0. The van der Waals surface area contributed by atoms with Crippen LogP contribution in [0.1, 0.15) is 15.9 Å². The van der Waals surface area contributed by atoms with Gasteiger partial charge in [-0.1, -0.05) is 40.9 Å². The molecule has 0 unspecified atom stereocenters. The van der Waals surface area contributed by atoms with Crippen LogP contribution in [0.4, 0.5) is 10.1 Å². The number of hydrogen-bond donors (Lipinski definition) is 1. The maximum absolute atomic E-state index is 13.8. The van der Waals surface area contributed by atoms with E-state index in [1.54, 1.807) is 6.07 Å². The molecule has 27 heavy (non-hydrogen) atoms. The molecular formula is C18H13Cl3FN3O2. The predicted molar refractivity (Wildman–Crippen MR) is 102 cm³/mol. The van der Waals surface area contributed by atoms with Crippen molar-refractivity contribution in [1.82, 2.24) is 4.90 Å². The van der Waals surface area contributed by atoms with Gasteiger partial charge in [0.05, 0.1) is 20.8 Å². The molecule has 1 N–H and O–H groups in total. The zero-order chi connectivity index (χ0) is 19.7. The number of phenols is 1. The van der Waals surface area contributed by atoms with Crippen molar-refractivity contribution in [2.75, 3.05) is 31.1 Å². The number of benzene rings is 2. The lowest BCUT2D eigenvalue weighted by Crippen LogP contribution is -2.49. The van der Waals surface area contributed by atoms with Crippen molar-refractivity contribution in [1.29, 1.82) is 5.26 Å². The molecule has 0 bridgehead atoms. The van der Waals surface area contributed by atoms with Crippen LogP contribution in [0.3, 0.4) is 0 Å². The molecule has 1 saturated heterocycles. The van der Waals surface area contributed by atoms with E-state index in [0.717, 1.165) is 0 Å². The maximum atomic E-state index is 13.8. The van der Waals surface area contributed by atoms with E-state index in [0.29, 0.717) is 31.9 Å². The molecular weight excluding hydrogens is 416 g/mol. The first-order valence-electron chi connectivity index (χ1n) is 7.94. The second-order valence-corrected chi connectivity index (χ2v) is 7.10. The summed E-state index contributed by atoms with van der Waals surface area (Å²) in [5.74, 6) is -1.50.